The molecule has 1 rings (SSSR count). The minimum atomic E-state index is -0.947. The molecule has 1 N–H and O–H groups in total. The van der Waals surface area contributed by atoms with Crippen LogP contribution in [-0.2, 0) is 9.59 Å². The van der Waals surface area contributed by atoms with Gasteiger partial charge >= 0.3 is 5.97 Å². The average Bonchev–Trinajstić information content (AvgIpc) is 3.02. The van der Waals surface area contributed by atoms with Crippen LogP contribution in [0.3, 0.4) is 0 Å². The lowest BCUT2D eigenvalue weighted by Gasteiger charge is -2.38. The molecule has 86 valence electrons. The van der Waals surface area contributed by atoms with Gasteiger partial charge in [0.1, 0.15) is 5.54 Å². The third-order valence-electron chi connectivity index (χ3n) is 3.27. The zero-order valence-corrected chi connectivity index (χ0v) is 9.40. The second-order valence-electron chi connectivity index (χ2n) is 4.16. The highest BCUT2D eigenvalue weighted by Crippen LogP contribution is 2.45. The first-order valence-electron chi connectivity index (χ1n) is 5.58. The number of hydrogen-bond donors (Lipinski definition) is 1. The molecule has 0 spiro atoms. The van der Waals surface area contributed by atoms with Crippen molar-refractivity contribution in [1.82, 2.24) is 4.90 Å². The van der Waals surface area contributed by atoms with Gasteiger partial charge in [-0.2, -0.15) is 0 Å². The van der Waals surface area contributed by atoms with E-state index in [0.717, 1.165) is 19.3 Å². The number of carbonyl (C=O) groups excluding carboxylic acids is 1. The molecule has 1 unspecified atom stereocenters. The van der Waals surface area contributed by atoms with Crippen LogP contribution in [0.5, 0.6) is 0 Å². The molecule has 0 aromatic rings. The van der Waals surface area contributed by atoms with E-state index in [2.05, 4.69) is 0 Å². The molecule has 0 aromatic carbocycles. The predicted octanol–water partition coefficient (Wildman–Crippen LogP) is 1.50. The van der Waals surface area contributed by atoms with Gasteiger partial charge in [-0.05, 0) is 31.6 Å². The molecule has 4 nitrogen and oxygen atoms in total. The Kier molecular flexibility index (Phi) is 3.72. The van der Waals surface area contributed by atoms with Crippen molar-refractivity contribution in [2.45, 2.75) is 45.1 Å². The summed E-state index contributed by atoms with van der Waals surface area (Å²) < 4.78 is 0. The van der Waals surface area contributed by atoms with Crippen molar-refractivity contribution >= 4 is 12.4 Å². The quantitative estimate of drug-likeness (QED) is 0.652. The van der Waals surface area contributed by atoms with E-state index in [0.29, 0.717) is 19.4 Å². The smallest absolute Gasteiger partial charge is 0.329 e. The summed E-state index contributed by atoms with van der Waals surface area (Å²) in [7, 11) is 0. The number of carbonyl (C=O) groups is 2. The molecule has 0 bridgehead atoms. The van der Waals surface area contributed by atoms with E-state index in [9.17, 15) is 14.7 Å². The Morgan fingerprint density at radius 1 is 1.53 bits per heavy atom. The Balaban J connectivity index is 2.94. The highest BCUT2D eigenvalue weighted by molar-refractivity contribution is 5.82. The fourth-order valence-corrected chi connectivity index (χ4v) is 2.32. The largest absolute Gasteiger partial charge is 0.479 e. The van der Waals surface area contributed by atoms with Gasteiger partial charge in [-0.15, -0.1) is 0 Å². The summed E-state index contributed by atoms with van der Waals surface area (Å²) in [5.41, 5.74) is -0.947. The van der Waals surface area contributed by atoms with E-state index in [1.165, 1.54) is 4.90 Å². The number of nitrogens with zero attached hydrogens (tertiary/aromatic N) is 1. The van der Waals surface area contributed by atoms with Crippen molar-refractivity contribution in [3.63, 3.8) is 0 Å². The predicted molar refractivity (Wildman–Crippen MR) is 56.4 cm³/mol. The van der Waals surface area contributed by atoms with E-state index in [4.69, 9.17) is 0 Å². The molecule has 1 amide bonds. The van der Waals surface area contributed by atoms with E-state index in [1.807, 2.05) is 13.8 Å². The maximum Gasteiger partial charge on any atom is 0.329 e. The monoisotopic (exact) mass is 213 g/mol. The standard InChI is InChI=1S/C11H19NO3/c1-3-7-12(8-13)11(4-2,10(14)15)9-5-6-9/h8-9H,3-7H2,1-2H3,(H,14,15). The number of amides is 1. The Hall–Kier alpha value is -1.06. The van der Waals surface area contributed by atoms with Crippen molar-refractivity contribution in [1.29, 1.82) is 0 Å². The van der Waals surface area contributed by atoms with E-state index in [1.54, 1.807) is 0 Å². The molecular weight excluding hydrogens is 194 g/mol. The maximum absolute atomic E-state index is 11.4. The molecule has 0 aromatic heterocycles. The lowest BCUT2D eigenvalue weighted by Crippen LogP contribution is -2.55. The summed E-state index contributed by atoms with van der Waals surface area (Å²) in [5, 5.41) is 9.36. The van der Waals surface area contributed by atoms with E-state index < -0.39 is 11.5 Å². The van der Waals surface area contributed by atoms with Crippen LogP contribution in [0.4, 0.5) is 0 Å². The summed E-state index contributed by atoms with van der Waals surface area (Å²) in [4.78, 5) is 23.9. The second-order valence-corrected chi connectivity index (χ2v) is 4.16. The molecule has 1 fully saturated rings. The fraction of sp³-hybridized carbons (Fsp3) is 0.818. The SMILES string of the molecule is CCCN(C=O)C(CC)(C(=O)O)C1CC1. The van der Waals surface area contributed by atoms with Crippen LogP contribution in [0.25, 0.3) is 0 Å². The van der Waals surface area contributed by atoms with Crippen LogP contribution in [0.2, 0.25) is 0 Å². The normalized spacial score (nSPS) is 19.3. The lowest BCUT2D eigenvalue weighted by molar-refractivity contribution is -0.157. The Bertz CT molecular complexity index is 250. The van der Waals surface area contributed by atoms with Gasteiger partial charge in [-0.3, -0.25) is 4.79 Å². The molecule has 1 saturated carbocycles. The van der Waals surface area contributed by atoms with Gasteiger partial charge in [0.15, 0.2) is 0 Å². The fourth-order valence-electron chi connectivity index (χ4n) is 2.32. The molecule has 0 radical (unpaired) electrons. The first kappa shape index (κ1) is 12.0. The molecule has 0 saturated heterocycles. The van der Waals surface area contributed by atoms with Crippen molar-refractivity contribution in [2.24, 2.45) is 5.92 Å². The van der Waals surface area contributed by atoms with Crippen molar-refractivity contribution in [2.75, 3.05) is 6.54 Å². The number of carboxylic acids is 1. The topological polar surface area (TPSA) is 57.6 Å². The number of carboxylic acid groups (broad SMARTS) is 1. The third-order valence-corrected chi connectivity index (χ3v) is 3.27. The van der Waals surface area contributed by atoms with Crippen molar-refractivity contribution < 1.29 is 14.7 Å². The Morgan fingerprint density at radius 2 is 2.13 bits per heavy atom. The van der Waals surface area contributed by atoms with Gasteiger partial charge in [0.05, 0.1) is 0 Å². The maximum atomic E-state index is 11.4. The van der Waals surface area contributed by atoms with E-state index in [-0.39, 0.29) is 5.92 Å². The van der Waals surface area contributed by atoms with Crippen LogP contribution in [-0.4, -0.2) is 34.5 Å². The molecule has 1 aliphatic carbocycles. The van der Waals surface area contributed by atoms with Crippen LogP contribution >= 0.6 is 0 Å². The van der Waals surface area contributed by atoms with Gasteiger partial charge in [0.2, 0.25) is 6.41 Å². The summed E-state index contributed by atoms with van der Waals surface area (Å²) in [6.45, 7) is 4.32. The molecule has 1 atom stereocenters. The summed E-state index contributed by atoms with van der Waals surface area (Å²) in [6, 6.07) is 0. The zero-order chi connectivity index (χ0) is 11.5. The highest BCUT2D eigenvalue weighted by Gasteiger charge is 2.53. The average molecular weight is 213 g/mol. The molecule has 0 aliphatic heterocycles. The van der Waals surface area contributed by atoms with Crippen LogP contribution in [0.1, 0.15) is 39.5 Å². The summed E-state index contributed by atoms with van der Waals surface area (Å²) in [5.74, 6) is -0.704. The Labute approximate surface area is 90.3 Å². The molecule has 15 heavy (non-hydrogen) atoms. The molecule has 4 heteroatoms. The van der Waals surface area contributed by atoms with Gasteiger partial charge in [-0.1, -0.05) is 13.8 Å². The molecular formula is C11H19NO3. The van der Waals surface area contributed by atoms with Crippen LogP contribution in [0, 0.1) is 5.92 Å². The number of aliphatic carboxylic acids is 1. The summed E-state index contributed by atoms with van der Waals surface area (Å²) >= 11 is 0. The lowest BCUT2D eigenvalue weighted by atomic mass is 9.88. The van der Waals surface area contributed by atoms with Crippen LogP contribution in [0.15, 0.2) is 0 Å². The van der Waals surface area contributed by atoms with Gasteiger partial charge in [0, 0.05) is 6.54 Å². The number of hydrogen-bond acceptors (Lipinski definition) is 2. The van der Waals surface area contributed by atoms with Crippen LogP contribution < -0.4 is 0 Å². The zero-order valence-electron chi connectivity index (χ0n) is 9.40. The number of rotatable bonds is 7. The molecule has 1 aliphatic rings. The van der Waals surface area contributed by atoms with Gasteiger partial charge < -0.3 is 10.0 Å². The molecule has 0 heterocycles. The van der Waals surface area contributed by atoms with Gasteiger partial charge in [-0.25, -0.2) is 4.79 Å². The minimum Gasteiger partial charge on any atom is -0.479 e. The second kappa shape index (κ2) is 4.64. The van der Waals surface area contributed by atoms with Gasteiger partial charge in [0.25, 0.3) is 0 Å². The van der Waals surface area contributed by atoms with E-state index >= 15 is 0 Å². The minimum absolute atomic E-state index is 0.150. The summed E-state index contributed by atoms with van der Waals surface area (Å²) in [6.07, 6.45) is 3.83. The van der Waals surface area contributed by atoms with Crippen molar-refractivity contribution in [3.8, 4) is 0 Å². The third kappa shape index (κ3) is 1.98. The van der Waals surface area contributed by atoms with Crippen molar-refractivity contribution in [3.05, 3.63) is 0 Å². The first-order valence-corrected chi connectivity index (χ1v) is 5.58. The highest BCUT2D eigenvalue weighted by atomic mass is 16.4. The Morgan fingerprint density at radius 3 is 2.40 bits per heavy atom. The first-order chi connectivity index (χ1) is 7.13.